The van der Waals surface area contributed by atoms with Gasteiger partial charge < -0.3 is 42.6 Å². The summed E-state index contributed by atoms with van der Waals surface area (Å²) in [6, 6.07) is 13.2. The molecule has 14 nitrogen and oxygen atoms in total. The summed E-state index contributed by atoms with van der Waals surface area (Å²) in [7, 11) is 0. The second-order valence-corrected chi connectivity index (χ2v) is 18.4. The van der Waals surface area contributed by atoms with E-state index in [0.717, 1.165) is 75.5 Å². The average molecular weight is 967 g/mol. The highest BCUT2D eigenvalue weighted by atomic mass is 16.6. The summed E-state index contributed by atoms with van der Waals surface area (Å²) in [6.07, 6.45) is 21.5. The molecule has 2 saturated carbocycles. The van der Waals surface area contributed by atoms with E-state index in [1.807, 2.05) is 0 Å². The van der Waals surface area contributed by atoms with Gasteiger partial charge in [-0.05, 0) is 130 Å². The van der Waals surface area contributed by atoms with Crippen molar-refractivity contribution >= 4 is 29.8 Å². The third-order valence-corrected chi connectivity index (χ3v) is 13.0. The molecule has 2 aliphatic rings. The van der Waals surface area contributed by atoms with Crippen LogP contribution in [0.3, 0.4) is 0 Å². The summed E-state index contributed by atoms with van der Waals surface area (Å²) in [6.45, 7) is 7.47. The second kappa shape index (κ2) is 35.6. The van der Waals surface area contributed by atoms with Gasteiger partial charge in [0, 0.05) is 6.42 Å². The fourth-order valence-electron chi connectivity index (χ4n) is 8.93. The van der Waals surface area contributed by atoms with Crippen molar-refractivity contribution in [3.05, 3.63) is 54.1 Å². The summed E-state index contributed by atoms with van der Waals surface area (Å²) in [5, 5.41) is 0. The molecule has 0 radical (unpaired) electrons. The van der Waals surface area contributed by atoms with E-state index in [9.17, 15) is 24.0 Å². The Morgan fingerprint density at radius 2 is 0.899 bits per heavy atom. The molecule has 2 fully saturated rings. The van der Waals surface area contributed by atoms with E-state index in [2.05, 4.69) is 13.8 Å². The monoisotopic (exact) mass is 967 g/mol. The Bertz CT molecular complexity index is 1710. The molecule has 0 saturated heterocycles. The highest BCUT2D eigenvalue weighted by Crippen LogP contribution is 2.42. The first-order chi connectivity index (χ1) is 33.7. The maximum atomic E-state index is 13.0. The van der Waals surface area contributed by atoms with E-state index < -0.39 is 17.9 Å². The average Bonchev–Trinajstić information content (AvgIpc) is 3.36. The smallest absolute Gasteiger partial charge is 0.343 e. The number of unbranched alkanes of at least 4 members (excludes halogenated alkanes) is 7. The van der Waals surface area contributed by atoms with Gasteiger partial charge in [-0.1, -0.05) is 71.6 Å². The van der Waals surface area contributed by atoms with Gasteiger partial charge in [0.15, 0.2) is 0 Å². The molecule has 386 valence electrons. The van der Waals surface area contributed by atoms with Crippen LogP contribution in [0.25, 0.3) is 0 Å². The first kappa shape index (κ1) is 57.1. The predicted molar refractivity (Wildman–Crippen MR) is 261 cm³/mol. The minimum absolute atomic E-state index is 0.0575. The molecule has 0 bridgehead atoms. The van der Waals surface area contributed by atoms with Crippen LogP contribution in [-0.4, -0.2) is 95.9 Å². The Labute approximate surface area is 411 Å². The molecule has 0 atom stereocenters. The molecule has 2 aliphatic carbocycles. The molecule has 0 aromatic heterocycles. The fourth-order valence-corrected chi connectivity index (χ4v) is 8.93. The normalized spacial score (nSPS) is 17.9. The number of carbonyl (C=O) groups excluding carboxylic acids is 5. The van der Waals surface area contributed by atoms with Crippen molar-refractivity contribution in [1.29, 1.82) is 0 Å². The number of hydrogen-bond acceptors (Lipinski definition) is 14. The Balaban J connectivity index is 0.919. The van der Waals surface area contributed by atoms with Crippen molar-refractivity contribution < 1.29 is 66.6 Å². The maximum absolute atomic E-state index is 13.0. The van der Waals surface area contributed by atoms with E-state index in [0.29, 0.717) is 88.3 Å². The summed E-state index contributed by atoms with van der Waals surface area (Å²) >= 11 is 0. The zero-order valence-corrected chi connectivity index (χ0v) is 41.8. The molecule has 0 N–H and O–H groups in total. The SMILES string of the molecule is CCCCCCOC(=O)CCCCCOC(=O)CCC(=O)OCCOCCOCCOCCOc1ccc(C(=O)Oc2ccc(OC(=O)C3CCC(C4CCC(CCCCC)CC4)CC3)cc2)cc1. The van der Waals surface area contributed by atoms with E-state index in [-0.39, 0.29) is 50.5 Å². The molecular formula is C55H82O14. The summed E-state index contributed by atoms with van der Waals surface area (Å²) in [4.78, 5) is 61.4. The topological polar surface area (TPSA) is 168 Å². The van der Waals surface area contributed by atoms with E-state index in [1.54, 1.807) is 48.5 Å². The van der Waals surface area contributed by atoms with Crippen molar-refractivity contribution in [3.63, 3.8) is 0 Å². The van der Waals surface area contributed by atoms with Crippen LogP contribution in [0, 0.1) is 23.7 Å². The zero-order chi connectivity index (χ0) is 49.2. The zero-order valence-electron chi connectivity index (χ0n) is 41.8. The number of ether oxygens (including phenoxy) is 9. The van der Waals surface area contributed by atoms with Gasteiger partial charge in [0.25, 0.3) is 0 Å². The molecule has 14 heteroatoms. The lowest BCUT2D eigenvalue weighted by Crippen LogP contribution is -2.30. The van der Waals surface area contributed by atoms with E-state index in [4.69, 9.17) is 42.6 Å². The number of carbonyl (C=O) groups is 5. The Hall–Kier alpha value is -4.53. The summed E-state index contributed by atoms with van der Waals surface area (Å²) < 4.78 is 49.0. The van der Waals surface area contributed by atoms with Crippen molar-refractivity contribution in [2.75, 3.05) is 66.1 Å². The Morgan fingerprint density at radius 3 is 1.48 bits per heavy atom. The van der Waals surface area contributed by atoms with Crippen molar-refractivity contribution in [3.8, 4) is 17.2 Å². The van der Waals surface area contributed by atoms with Crippen LogP contribution in [0.5, 0.6) is 17.2 Å². The van der Waals surface area contributed by atoms with Crippen LogP contribution < -0.4 is 14.2 Å². The van der Waals surface area contributed by atoms with E-state index in [1.165, 1.54) is 51.4 Å². The van der Waals surface area contributed by atoms with Gasteiger partial charge in [0.1, 0.15) is 30.5 Å². The molecule has 2 aromatic rings. The molecule has 69 heavy (non-hydrogen) atoms. The van der Waals surface area contributed by atoms with Gasteiger partial charge >= 0.3 is 29.8 Å². The second-order valence-electron chi connectivity index (χ2n) is 18.4. The van der Waals surface area contributed by atoms with E-state index >= 15 is 0 Å². The third-order valence-electron chi connectivity index (χ3n) is 13.0. The highest BCUT2D eigenvalue weighted by molar-refractivity contribution is 5.91. The highest BCUT2D eigenvalue weighted by Gasteiger charge is 2.33. The van der Waals surface area contributed by atoms with Crippen LogP contribution in [0.4, 0.5) is 0 Å². The molecule has 0 aliphatic heterocycles. The molecule has 4 rings (SSSR count). The third kappa shape index (κ3) is 25.2. The standard InChI is InChI=1S/C55H82O14/c1-3-5-7-11-33-65-51(56)14-10-8-12-34-66-52(57)31-32-53(58)67-42-40-63-38-36-61-35-37-62-39-41-64-48-25-23-47(24-26-48)55(60)69-50-29-27-49(28-30-50)68-54(59)46-21-19-45(20-22-46)44-17-15-43(16-18-44)13-9-6-4-2/h23-30,43-46H,3-22,31-42H2,1-2H3. The quantitative estimate of drug-likeness (QED) is 0.0274. The number of hydrogen-bond donors (Lipinski definition) is 0. The maximum Gasteiger partial charge on any atom is 0.343 e. The lowest BCUT2D eigenvalue weighted by Gasteiger charge is -2.37. The van der Waals surface area contributed by atoms with Crippen LogP contribution in [0.15, 0.2) is 48.5 Å². The lowest BCUT2D eigenvalue weighted by molar-refractivity contribution is -0.151. The number of esters is 5. The lowest BCUT2D eigenvalue weighted by atomic mass is 9.68. The molecule has 2 aromatic carbocycles. The van der Waals surface area contributed by atoms with Gasteiger partial charge in [0.05, 0.1) is 77.2 Å². The van der Waals surface area contributed by atoms with Gasteiger partial charge in [-0.25, -0.2) is 4.79 Å². The van der Waals surface area contributed by atoms with Gasteiger partial charge in [-0.15, -0.1) is 0 Å². The fraction of sp³-hybridized carbons (Fsp3) is 0.691. The van der Waals surface area contributed by atoms with Gasteiger partial charge in [-0.3, -0.25) is 19.2 Å². The molecule has 0 amide bonds. The number of benzene rings is 2. The largest absolute Gasteiger partial charge is 0.491 e. The van der Waals surface area contributed by atoms with Crippen molar-refractivity contribution in [2.24, 2.45) is 23.7 Å². The van der Waals surface area contributed by atoms with Crippen LogP contribution in [-0.2, 0) is 47.6 Å². The van der Waals surface area contributed by atoms with Crippen LogP contribution >= 0.6 is 0 Å². The predicted octanol–water partition coefficient (Wildman–Crippen LogP) is 11.0. The Morgan fingerprint density at radius 1 is 0.435 bits per heavy atom. The van der Waals surface area contributed by atoms with Gasteiger partial charge in [-0.2, -0.15) is 0 Å². The first-order valence-corrected chi connectivity index (χ1v) is 26.2. The Kier molecular flexibility index (Phi) is 29.4. The van der Waals surface area contributed by atoms with Crippen LogP contribution in [0.2, 0.25) is 0 Å². The first-order valence-electron chi connectivity index (χ1n) is 26.2. The van der Waals surface area contributed by atoms with Gasteiger partial charge in [0.2, 0.25) is 0 Å². The van der Waals surface area contributed by atoms with Crippen molar-refractivity contribution in [2.45, 2.75) is 155 Å². The van der Waals surface area contributed by atoms with Crippen LogP contribution in [0.1, 0.15) is 165 Å². The minimum Gasteiger partial charge on any atom is -0.491 e. The molecule has 0 heterocycles. The molecule has 0 spiro atoms. The van der Waals surface area contributed by atoms with Crippen molar-refractivity contribution in [1.82, 2.24) is 0 Å². The number of rotatable bonds is 36. The summed E-state index contributed by atoms with van der Waals surface area (Å²) in [5.41, 5.74) is 0.367. The molecule has 0 unspecified atom stereocenters. The molecular weight excluding hydrogens is 885 g/mol. The minimum atomic E-state index is -0.512. The summed E-state index contributed by atoms with van der Waals surface area (Å²) in [5.74, 6) is 1.98.